The molecule has 0 aromatic heterocycles. The highest BCUT2D eigenvalue weighted by molar-refractivity contribution is 7.91. The first kappa shape index (κ1) is 11.3. The van der Waals surface area contributed by atoms with Crippen molar-refractivity contribution in [1.82, 2.24) is 5.32 Å². The largest absolute Gasteiger partial charge is 0.352 e. The maximum atomic E-state index is 12.1. The average Bonchev–Trinajstić information content (AvgIpc) is 2.93. The molecule has 4 unspecified atom stereocenters. The van der Waals surface area contributed by atoms with Gasteiger partial charge in [0, 0.05) is 12.0 Å². The summed E-state index contributed by atoms with van der Waals surface area (Å²) in [7, 11) is -2.90. The molecule has 3 aliphatic rings. The van der Waals surface area contributed by atoms with Crippen LogP contribution in [0.25, 0.3) is 0 Å². The van der Waals surface area contributed by atoms with Crippen molar-refractivity contribution < 1.29 is 13.2 Å². The molecule has 17 heavy (non-hydrogen) atoms. The molecule has 1 saturated heterocycles. The Hall–Kier alpha value is -0.840. The van der Waals surface area contributed by atoms with Crippen LogP contribution in [-0.4, -0.2) is 31.9 Å². The van der Waals surface area contributed by atoms with Crippen molar-refractivity contribution in [2.75, 3.05) is 11.5 Å². The molecule has 1 amide bonds. The number of rotatable bonds is 2. The van der Waals surface area contributed by atoms with Gasteiger partial charge < -0.3 is 5.32 Å². The molecule has 4 nitrogen and oxygen atoms in total. The number of hydrogen-bond donors (Lipinski definition) is 1. The molecule has 2 bridgehead atoms. The average molecular weight is 255 g/mol. The van der Waals surface area contributed by atoms with Crippen molar-refractivity contribution in [3.8, 4) is 0 Å². The summed E-state index contributed by atoms with van der Waals surface area (Å²) in [5.74, 6) is 1.43. The van der Waals surface area contributed by atoms with Gasteiger partial charge in [0.05, 0.1) is 11.5 Å². The summed E-state index contributed by atoms with van der Waals surface area (Å²) in [6, 6.07) is -0.157. The zero-order chi connectivity index (χ0) is 12.0. The molecule has 94 valence electrons. The van der Waals surface area contributed by atoms with Crippen molar-refractivity contribution >= 4 is 15.7 Å². The Bertz CT molecular complexity index is 468. The molecule has 0 aromatic rings. The minimum Gasteiger partial charge on any atom is -0.352 e. The number of carbonyl (C=O) groups excluding carboxylic acids is 1. The third kappa shape index (κ3) is 2.12. The molecule has 1 heterocycles. The van der Waals surface area contributed by atoms with E-state index in [2.05, 4.69) is 17.5 Å². The Morgan fingerprint density at radius 2 is 2.06 bits per heavy atom. The van der Waals surface area contributed by atoms with E-state index in [9.17, 15) is 13.2 Å². The summed E-state index contributed by atoms with van der Waals surface area (Å²) in [4.78, 5) is 12.1. The SMILES string of the molecule is O=C(NC1CCS(=O)(=O)C1)C1CC2C=CC1C2. The van der Waals surface area contributed by atoms with Crippen LogP contribution in [0, 0.1) is 17.8 Å². The molecule has 2 aliphatic carbocycles. The Labute approximate surface area is 101 Å². The highest BCUT2D eigenvalue weighted by Gasteiger charge is 2.41. The molecular weight excluding hydrogens is 238 g/mol. The number of hydrogen-bond acceptors (Lipinski definition) is 3. The summed E-state index contributed by atoms with van der Waals surface area (Å²) in [6.45, 7) is 0. The van der Waals surface area contributed by atoms with E-state index in [0.717, 1.165) is 12.8 Å². The molecule has 1 N–H and O–H groups in total. The molecule has 1 aliphatic heterocycles. The van der Waals surface area contributed by atoms with Crippen LogP contribution in [0.3, 0.4) is 0 Å². The van der Waals surface area contributed by atoms with Gasteiger partial charge in [0.25, 0.3) is 0 Å². The maximum Gasteiger partial charge on any atom is 0.223 e. The quantitative estimate of drug-likeness (QED) is 0.731. The summed E-state index contributed by atoms with van der Waals surface area (Å²) >= 11 is 0. The Balaban J connectivity index is 1.60. The van der Waals surface area contributed by atoms with Crippen molar-refractivity contribution in [3.63, 3.8) is 0 Å². The van der Waals surface area contributed by atoms with Gasteiger partial charge in [-0.1, -0.05) is 12.2 Å². The maximum absolute atomic E-state index is 12.1. The van der Waals surface area contributed by atoms with Gasteiger partial charge in [-0.2, -0.15) is 0 Å². The molecule has 4 atom stereocenters. The molecule has 1 saturated carbocycles. The number of nitrogens with one attached hydrogen (secondary N) is 1. The standard InChI is InChI=1S/C12H17NO3S/c14-12(11-6-8-1-2-9(11)5-8)13-10-3-4-17(15,16)7-10/h1-2,8-11H,3-7H2,(H,13,14). The third-order valence-corrected chi connectivity index (χ3v) is 5.96. The zero-order valence-electron chi connectivity index (χ0n) is 9.63. The van der Waals surface area contributed by atoms with Crippen LogP contribution in [0.4, 0.5) is 0 Å². The normalized spacial score (nSPS) is 41.9. The fourth-order valence-electron chi connectivity index (χ4n) is 3.30. The van der Waals surface area contributed by atoms with E-state index in [1.54, 1.807) is 0 Å². The summed E-state index contributed by atoms with van der Waals surface area (Å²) in [5, 5.41) is 2.91. The monoisotopic (exact) mass is 255 g/mol. The molecule has 3 rings (SSSR count). The van der Waals surface area contributed by atoms with Gasteiger partial charge in [0.2, 0.25) is 5.91 Å². The van der Waals surface area contributed by atoms with Gasteiger partial charge in [-0.25, -0.2) is 8.42 Å². The second-order valence-corrected chi connectivity index (χ2v) is 7.72. The topological polar surface area (TPSA) is 63.2 Å². The van der Waals surface area contributed by atoms with E-state index in [1.165, 1.54) is 0 Å². The molecule has 0 radical (unpaired) electrons. The van der Waals surface area contributed by atoms with E-state index >= 15 is 0 Å². The zero-order valence-corrected chi connectivity index (χ0v) is 10.4. The minimum atomic E-state index is -2.90. The minimum absolute atomic E-state index is 0.0592. The number of fused-ring (bicyclic) bond motifs is 2. The predicted molar refractivity (Wildman–Crippen MR) is 64.0 cm³/mol. The second kappa shape index (κ2) is 3.83. The molecule has 0 aromatic carbocycles. The van der Waals surface area contributed by atoms with Crippen molar-refractivity contribution in [3.05, 3.63) is 12.2 Å². The fourth-order valence-corrected chi connectivity index (χ4v) is 4.97. The molecule has 2 fully saturated rings. The van der Waals surface area contributed by atoms with Gasteiger partial charge in [-0.15, -0.1) is 0 Å². The fraction of sp³-hybridized carbons (Fsp3) is 0.750. The third-order valence-electron chi connectivity index (χ3n) is 4.19. The van der Waals surface area contributed by atoms with E-state index in [0.29, 0.717) is 18.3 Å². The van der Waals surface area contributed by atoms with E-state index < -0.39 is 9.84 Å². The first-order valence-electron chi connectivity index (χ1n) is 6.22. The van der Waals surface area contributed by atoms with Crippen LogP contribution in [0.5, 0.6) is 0 Å². The lowest BCUT2D eigenvalue weighted by Crippen LogP contribution is -2.40. The van der Waals surface area contributed by atoms with E-state index in [1.807, 2.05) is 0 Å². The smallest absolute Gasteiger partial charge is 0.223 e. The number of amides is 1. The Kier molecular flexibility index (Phi) is 2.54. The Morgan fingerprint density at radius 1 is 1.24 bits per heavy atom. The van der Waals surface area contributed by atoms with Gasteiger partial charge in [-0.3, -0.25) is 4.79 Å². The summed E-state index contributed by atoms with van der Waals surface area (Å²) < 4.78 is 22.6. The number of allylic oxidation sites excluding steroid dienone is 2. The lowest BCUT2D eigenvalue weighted by Gasteiger charge is -2.20. The summed E-state index contributed by atoms with van der Waals surface area (Å²) in [5.41, 5.74) is 0. The lowest BCUT2D eigenvalue weighted by molar-refractivity contribution is -0.126. The molecular formula is C12H17NO3S. The number of sulfone groups is 1. The van der Waals surface area contributed by atoms with Gasteiger partial charge >= 0.3 is 0 Å². The van der Waals surface area contributed by atoms with Gasteiger partial charge in [0.1, 0.15) is 0 Å². The van der Waals surface area contributed by atoms with Crippen LogP contribution < -0.4 is 5.32 Å². The van der Waals surface area contributed by atoms with Crippen molar-refractivity contribution in [1.29, 1.82) is 0 Å². The van der Waals surface area contributed by atoms with E-state index in [-0.39, 0.29) is 29.4 Å². The van der Waals surface area contributed by atoms with Crippen LogP contribution >= 0.6 is 0 Å². The first-order chi connectivity index (χ1) is 8.03. The van der Waals surface area contributed by atoms with E-state index in [4.69, 9.17) is 0 Å². The second-order valence-electron chi connectivity index (χ2n) is 5.50. The predicted octanol–water partition coefficient (Wildman–Crippen LogP) is 0.502. The van der Waals surface area contributed by atoms with Gasteiger partial charge in [-0.05, 0) is 31.1 Å². The highest BCUT2D eigenvalue weighted by Crippen LogP contribution is 2.43. The first-order valence-corrected chi connectivity index (χ1v) is 8.05. The molecule has 5 heteroatoms. The van der Waals surface area contributed by atoms with Crippen LogP contribution in [0.15, 0.2) is 12.2 Å². The van der Waals surface area contributed by atoms with Crippen molar-refractivity contribution in [2.45, 2.75) is 25.3 Å². The van der Waals surface area contributed by atoms with Crippen LogP contribution in [0.1, 0.15) is 19.3 Å². The number of carbonyl (C=O) groups is 1. The summed E-state index contributed by atoms with van der Waals surface area (Å²) in [6.07, 6.45) is 6.95. The van der Waals surface area contributed by atoms with Crippen LogP contribution in [-0.2, 0) is 14.6 Å². The van der Waals surface area contributed by atoms with Crippen LogP contribution in [0.2, 0.25) is 0 Å². The Morgan fingerprint density at radius 3 is 2.59 bits per heavy atom. The lowest BCUT2D eigenvalue weighted by atomic mass is 9.92. The van der Waals surface area contributed by atoms with Gasteiger partial charge in [0.15, 0.2) is 9.84 Å². The molecule has 0 spiro atoms. The van der Waals surface area contributed by atoms with Crippen molar-refractivity contribution in [2.24, 2.45) is 17.8 Å². The highest BCUT2D eigenvalue weighted by atomic mass is 32.2.